The van der Waals surface area contributed by atoms with Crippen LogP contribution in [0.1, 0.15) is 27.0 Å². The van der Waals surface area contributed by atoms with E-state index in [1.165, 1.54) is 19.1 Å². The molecule has 0 atom stereocenters. The van der Waals surface area contributed by atoms with Crippen LogP contribution in [-0.2, 0) is 4.79 Å². The van der Waals surface area contributed by atoms with Gasteiger partial charge in [-0.3, -0.25) is 9.59 Å². The van der Waals surface area contributed by atoms with Gasteiger partial charge in [-0.25, -0.2) is 4.90 Å². The molecule has 1 heterocycles. The van der Waals surface area contributed by atoms with Crippen molar-refractivity contribution in [3.8, 4) is 17.2 Å². The maximum atomic E-state index is 13.5. The molecule has 1 N–H and O–H groups in total. The molecule has 0 saturated carbocycles. The van der Waals surface area contributed by atoms with E-state index in [1.54, 1.807) is 54.6 Å². The first kappa shape index (κ1) is 20.2. The van der Waals surface area contributed by atoms with Crippen LogP contribution in [0.15, 0.2) is 60.7 Å². The lowest BCUT2D eigenvalue weighted by molar-refractivity contribution is -0.112. The fourth-order valence-corrected chi connectivity index (χ4v) is 3.58. The van der Waals surface area contributed by atoms with Crippen LogP contribution in [0.4, 0.5) is 5.69 Å². The lowest BCUT2D eigenvalue weighted by Gasteiger charge is -2.28. The molecule has 0 spiro atoms. The first-order valence-electron chi connectivity index (χ1n) is 9.66. The molecule has 156 valence electrons. The van der Waals surface area contributed by atoms with Gasteiger partial charge in [-0.05, 0) is 54.5 Å². The van der Waals surface area contributed by atoms with Crippen LogP contribution in [-0.4, -0.2) is 31.1 Å². The van der Waals surface area contributed by atoms with Gasteiger partial charge >= 0.3 is 0 Å². The minimum absolute atomic E-state index is 0.126. The lowest BCUT2D eigenvalue weighted by atomic mass is 9.91. The number of fused-ring (bicyclic) bond motifs is 1. The summed E-state index contributed by atoms with van der Waals surface area (Å²) < 4.78 is 10.4. The Balaban J connectivity index is 1.90. The quantitative estimate of drug-likeness (QED) is 0.503. The third-order valence-electron chi connectivity index (χ3n) is 5.19. The molecule has 0 radical (unpaired) electrons. The molecule has 0 bridgehead atoms. The minimum atomic E-state index is -0.432. The van der Waals surface area contributed by atoms with Gasteiger partial charge in [0.1, 0.15) is 0 Å². The van der Waals surface area contributed by atoms with Crippen molar-refractivity contribution >= 4 is 29.2 Å². The van der Waals surface area contributed by atoms with Crippen molar-refractivity contribution in [2.24, 2.45) is 0 Å². The molecule has 4 rings (SSSR count). The van der Waals surface area contributed by atoms with Crippen LogP contribution in [0.3, 0.4) is 0 Å². The Morgan fingerprint density at radius 3 is 2.00 bits per heavy atom. The number of aromatic hydroxyl groups is 1. The van der Waals surface area contributed by atoms with E-state index in [0.29, 0.717) is 28.0 Å². The van der Waals surface area contributed by atoms with Crippen LogP contribution >= 0.6 is 0 Å². The molecule has 6 nitrogen and oxygen atoms in total. The molecule has 0 aromatic heterocycles. The van der Waals surface area contributed by atoms with Gasteiger partial charge in [0.05, 0.1) is 19.9 Å². The first-order valence-corrected chi connectivity index (χ1v) is 9.66. The predicted molar refractivity (Wildman–Crippen MR) is 119 cm³/mol. The molecule has 0 unspecified atom stereocenters. The highest BCUT2D eigenvalue weighted by molar-refractivity contribution is 6.43. The molecule has 6 heteroatoms. The van der Waals surface area contributed by atoms with Crippen LogP contribution in [0.5, 0.6) is 17.2 Å². The second kappa shape index (κ2) is 7.99. The van der Waals surface area contributed by atoms with Crippen molar-refractivity contribution in [1.82, 2.24) is 0 Å². The number of anilines is 1. The summed E-state index contributed by atoms with van der Waals surface area (Å²) in [4.78, 5) is 27.8. The largest absolute Gasteiger partial charge is 0.502 e. The third kappa shape index (κ3) is 3.53. The number of phenolic OH excluding ortho intramolecular Hbond substituents is 1. The van der Waals surface area contributed by atoms with E-state index in [4.69, 9.17) is 9.47 Å². The molecule has 1 aliphatic rings. The van der Waals surface area contributed by atoms with E-state index in [9.17, 15) is 14.7 Å². The maximum Gasteiger partial charge on any atom is 0.265 e. The Morgan fingerprint density at radius 2 is 1.42 bits per heavy atom. The van der Waals surface area contributed by atoms with Gasteiger partial charge < -0.3 is 14.6 Å². The van der Waals surface area contributed by atoms with Crippen molar-refractivity contribution in [2.45, 2.75) is 6.92 Å². The SMILES string of the molecule is COc1cc(C=C2C(=O)N(c3ccc(C)cc3)C(=O)c3ccccc32)cc(OC)c1O. The predicted octanol–water partition coefficient (Wildman–Crippen LogP) is 4.45. The zero-order valence-corrected chi connectivity index (χ0v) is 17.4. The second-order valence-electron chi connectivity index (χ2n) is 7.16. The van der Waals surface area contributed by atoms with Gasteiger partial charge in [-0.15, -0.1) is 0 Å². The Morgan fingerprint density at radius 1 is 0.839 bits per heavy atom. The number of aryl methyl sites for hydroxylation is 1. The smallest absolute Gasteiger partial charge is 0.265 e. The van der Waals surface area contributed by atoms with E-state index < -0.39 is 5.91 Å². The fourth-order valence-electron chi connectivity index (χ4n) is 3.58. The summed E-state index contributed by atoms with van der Waals surface area (Å²) >= 11 is 0. The summed E-state index contributed by atoms with van der Waals surface area (Å²) in [5.74, 6) is -0.497. The highest BCUT2D eigenvalue weighted by atomic mass is 16.5. The summed E-state index contributed by atoms with van der Waals surface area (Å²) in [5.41, 5.74) is 3.45. The molecule has 0 saturated heterocycles. The van der Waals surface area contributed by atoms with Gasteiger partial charge in [0.25, 0.3) is 11.8 Å². The summed E-state index contributed by atoms with van der Waals surface area (Å²) in [6.45, 7) is 1.94. The van der Waals surface area contributed by atoms with Gasteiger partial charge in [-0.2, -0.15) is 0 Å². The Labute approximate surface area is 180 Å². The van der Waals surface area contributed by atoms with E-state index in [2.05, 4.69) is 0 Å². The Kier molecular flexibility index (Phi) is 5.21. The number of phenols is 1. The molecule has 1 aliphatic heterocycles. The van der Waals surface area contributed by atoms with Gasteiger partial charge in [-0.1, -0.05) is 35.9 Å². The van der Waals surface area contributed by atoms with Gasteiger partial charge in [0.2, 0.25) is 5.75 Å². The summed E-state index contributed by atoms with van der Waals surface area (Å²) in [7, 11) is 2.87. The molecule has 0 aliphatic carbocycles. The maximum absolute atomic E-state index is 13.5. The third-order valence-corrected chi connectivity index (χ3v) is 5.19. The monoisotopic (exact) mass is 415 g/mol. The molecular weight excluding hydrogens is 394 g/mol. The van der Waals surface area contributed by atoms with E-state index in [1.807, 2.05) is 19.1 Å². The van der Waals surface area contributed by atoms with Crippen molar-refractivity contribution in [3.63, 3.8) is 0 Å². The highest BCUT2D eigenvalue weighted by Crippen LogP contribution is 2.39. The number of imide groups is 1. The number of methoxy groups -OCH3 is 2. The van der Waals surface area contributed by atoms with E-state index in [0.717, 1.165) is 5.56 Å². The number of rotatable bonds is 4. The Hall–Kier alpha value is -4.06. The van der Waals surface area contributed by atoms with Crippen molar-refractivity contribution in [3.05, 3.63) is 82.9 Å². The number of amides is 2. The number of hydrogen-bond donors (Lipinski definition) is 1. The van der Waals surface area contributed by atoms with Crippen LogP contribution in [0.25, 0.3) is 11.6 Å². The number of carbonyl (C=O) groups excluding carboxylic acids is 2. The molecule has 31 heavy (non-hydrogen) atoms. The van der Waals surface area contributed by atoms with Gasteiger partial charge in [0, 0.05) is 11.1 Å². The van der Waals surface area contributed by atoms with Gasteiger partial charge in [0.15, 0.2) is 11.5 Å². The molecule has 2 amide bonds. The zero-order valence-electron chi connectivity index (χ0n) is 17.4. The minimum Gasteiger partial charge on any atom is -0.502 e. The van der Waals surface area contributed by atoms with E-state index in [-0.39, 0.29) is 23.2 Å². The van der Waals surface area contributed by atoms with Crippen molar-refractivity contribution in [1.29, 1.82) is 0 Å². The lowest BCUT2D eigenvalue weighted by Crippen LogP contribution is -2.41. The molecule has 0 fully saturated rings. The highest BCUT2D eigenvalue weighted by Gasteiger charge is 2.35. The van der Waals surface area contributed by atoms with Crippen molar-refractivity contribution in [2.75, 3.05) is 19.1 Å². The molecule has 3 aromatic carbocycles. The summed E-state index contributed by atoms with van der Waals surface area (Å²) in [6.07, 6.45) is 1.67. The average molecular weight is 415 g/mol. The normalized spacial score (nSPS) is 14.5. The van der Waals surface area contributed by atoms with Crippen LogP contribution in [0, 0.1) is 6.92 Å². The van der Waals surface area contributed by atoms with Crippen LogP contribution in [0.2, 0.25) is 0 Å². The van der Waals surface area contributed by atoms with Crippen molar-refractivity contribution < 1.29 is 24.2 Å². The number of ether oxygens (including phenoxy) is 2. The molecular formula is C25H21NO5. The standard InChI is InChI=1S/C25H21NO5/c1-15-8-10-17(11-9-15)26-24(28)19-7-5-4-6-18(19)20(25(26)29)12-16-13-21(30-2)23(27)22(14-16)31-3/h4-14,27H,1-3H3. The van der Waals surface area contributed by atoms with E-state index >= 15 is 0 Å². The number of hydrogen-bond acceptors (Lipinski definition) is 5. The second-order valence-corrected chi connectivity index (χ2v) is 7.16. The number of benzene rings is 3. The van der Waals surface area contributed by atoms with Crippen LogP contribution < -0.4 is 14.4 Å². The summed E-state index contributed by atoms with van der Waals surface area (Å²) in [6, 6.07) is 17.4. The topological polar surface area (TPSA) is 76.1 Å². The number of nitrogens with zero attached hydrogens (tertiary/aromatic N) is 1. The average Bonchev–Trinajstić information content (AvgIpc) is 2.78. The summed E-state index contributed by atoms with van der Waals surface area (Å²) in [5, 5.41) is 10.2. The molecule has 3 aromatic rings. The fraction of sp³-hybridized carbons (Fsp3) is 0.120. The Bertz CT molecular complexity index is 1190. The zero-order chi connectivity index (χ0) is 22.1. The number of carbonyl (C=O) groups is 2. The first-order chi connectivity index (χ1) is 14.9.